The van der Waals surface area contributed by atoms with Crippen LogP contribution in [0.5, 0.6) is 0 Å². The molecule has 0 aliphatic carbocycles. The molecule has 0 unspecified atom stereocenters. The van der Waals surface area contributed by atoms with E-state index in [0.717, 1.165) is 32.3 Å². The summed E-state index contributed by atoms with van der Waals surface area (Å²) in [5.41, 5.74) is 0. The molecule has 0 spiro atoms. The molecule has 0 aromatic heterocycles. The van der Waals surface area contributed by atoms with Crippen LogP contribution in [0.25, 0.3) is 0 Å². The van der Waals surface area contributed by atoms with Crippen molar-refractivity contribution in [3.8, 4) is 0 Å². The summed E-state index contributed by atoms with van der Waals surface area (Å²) in [6, 6.07) is 0. The molecule has 0 amide bonds. The van der Waals surface area contributed by atoms with Gasteiger partial charge in [0.05, 0.1) is 13.2 Å². The predicted octanol–water partition coefficient (Wildman–Crippen LogP) is 8.34. The molecule has 4 heteroatoms. The Morgan fingerprint density at radius 3 is 1.67 bits per heavy atom. The molecule has 0 aromatic rings. The van der Waals surface area contributed by atoms with Crippen LogP contribution < -0.4 is 0 Å². The maximum Gasteiger partial charge on any atom is 0.158 e. The van der Waals surface area contributed by atoms with Crippen molar-refractivity contribution in [3.05, 3.63) is 0 Å². The van der Waals surface area contributed by atoms with Crippen LogP contribution in [0, 0.1) is 0 Å². The fraction of sp³-hybridized carbons (Fsp3) is 1.00. The standard InChI is InChI=1S/C29H58O4/c1-2-3-4-5-6-7-8-9-10-11-12-13-14-17-20-23-29-32-27-28(33-29)26-31-25-22-19-16-15-18-21-24-30/h28-30H,2-27H2,1H3/t28-,29-/m0/s1. The van der Waals surface area contributed by atoms with Gasteiger partial charge in [-0.05, 0) is 25.7 Å². The second kappa shape index (κ2) is 24.9. The van der Waals surface area contributed by atoms with Gasteiger partial charge in [-0.1, -0.05) is 122 Å². The van der Waals surface area contributed by atoms with Gasteiger partial charge in [-0.2, -0.15) is 0 Å². The van der Waals surface area contributed by atoms with Crippen LogP contribution in [-0.2, 0) is 14.2 Å². The molecule has 0 saturated carbocycles. The normalized spacial score (nSPS) is 18.4. The first kappa shape index (κ1) is 30.9. The highest BCUT2D eigenvalue weighted by Crippen LogP contribution is 2.19. The minimum atomic E-state index is -0.00732. The predicted molar refractivity (Wildman–Crippen MR) is 140 cm³/mol. The van der Waals surface area contributed by atoms with E-state index >= 15 is 0 Å². The van der Waals surface area contributed by atoms with E-state index in [9.17, 15) is 0 Å². The molecule has 33 heavy (non-hydrogen) atoms. The number of aliphatic hydroxyl groups excluding tert-OH is 1. The third-order valence-electron chi connectivity index (χ3n) is 6.86. The zero-order chi connectivity index (χ0) is 23.7. The van der Waals surface area contributed by atoms with E-state index in [1.54, 1.807) is 0 Å². The first-order valence-electron chi connectivity index (χ1n) is 14.8. The van der Waals surface area contributed by atoms with Crippen LogP contribution in [0.2, 0.25) is 0 Å². The lowest BCUT2D eigenvalue weighted by Gasteiger charge is -2.12. The maximum atomic E-state index is 8.77. The van der Waals surface area contributed by atoms with E-state index in [1.807, 2.05) is 0 Å². The first-order chi connectivity index (χ1) is 16.4. The molecule has 1 aliphatic heterocycles. The SMILES string of the molecule is CCCCCCCCCCCCCCCCC[C@H]1OC[C@H](COCCCCCCCCO)O1. The van der Waals surface area contributed by atoms with Crippen LogP contribution >= 0.6 is 0 Å². The molecular weight excluding hydrogens is 412 g/mol. The maximum absolute atomic E-state index is 8.77. The number of ether oxygens (including phenoxy) is 3. The lowest BCUT2D eigenvalue weighted by molar-refractivity contribution is -0.0761. The average Bonchev–Trinajstić information content (AvgIpc) is 3.28. The minimum absolute atomic E-state index is 0.00732. The summed E-state index contributed by atoms with van der Waals surface area (Å²) in [6.07, 6.45) is 29.1. The molecule has 1 fully saturated rings. The fourth-order valence-electron chi connectivity index (χ4n) is 4.67. The zero-order valence-corrected chi connectivity index (χ0v) is 22.2. The summed E-state index contributed by atoms with van der Waals surface area (Å²) in [5.74, 6) is 0. The van der Waals surface area contributed by atoms with Crippen molar-refractivity contribution >= 4 is 0 Å². The fourth-order valence-corrected chi connectivity index (χ4v) is 4.67. The lowest BCUT2D eigenvalue weighted by atomic mass is 10.0. The van der Waals surface area contributed by atoms with Crippen molar-refractivity contribution < 1.29 is 19.3 Å². The molecule has 0 aromatic carbocycles. The number of rotatable bonds is 26. The van der Waals surface area contributed by atoms with Crippen LogP contribution in [0.1, 0.15) is 148 Å². The Bertz CT molecular complexity index is 377. The number of hydrogen-bond donors (Lipinski definition) is 1. The number of hydrogen-bond acceptors (Lipinski definition) is 4. The third kappa shape index (κ3) is 20.9. The summed E-state index contributed by atoms with van der Waals surface area (Å²) in [4.78, 5) is 0. The Hall–Kier alpha value is -0.160. The van der Waals surface area contributed by atoms with Gasteiger partial charge in [-0.15, -0.1) is 0 Å². The lowest BCUT2D eigenvalue weighted by Crippen LogP contribution is -2.19. The van der Waals surface area contributed by atoms with Gasteiger partial charge < -0.3 is 19.3 Å². The van der Waals surface area contributed by atoms with Crippen LogP contribution in [0.4, 0.5) is 0 Å². The van der Waals surface area contributed by atoms with Gasteiger partial charge in [-0.25, -0.2) is 0 Å². The third-order valence-corrected chi connectivity index (χ3v) is 6.86. The van der Waals surface area contributed by atoms with Gasteiger partial charge in [-0.3, -0.25) is 0 Å². The van der Waals surface area contributed by atoms with Gasteiger partial charge in [0.2, 0.25) is 0 Å². The van der Waals surface area contributed by atoms with E-state index in [1.165, 1.54) is 116 Å². The summed E-state index contributed by atoms with van der Waals surface area (Å²) in [6.45, 7) is 4.79. The van der Waals surface area contributed by atoms with Crippen LogP contribution in [0.3, 0.4) is 0 Å². The molecular formula is C29H58O4. The summed E-state index contributed by atoms with van der Waals surface area (Å²) < 4.78 is 17.6. The van der Waals surface area contributed by atoms with Crippen molar-refractivity contribution in [1.29, 1.82) is 0 Å². The number of unbranched alkanes of at least 4 members (excludes halogenated alkanes) is 19. The molecule has 198 valence electrons. The molecule has 1 heterocycles. The highest BCUT2D eigenvalue weighted by molar-refractivity contribution is 4.65. The van der Waals surface area contributed by atoms with Crippen molar-refractivity contribution in [2.24, 2.45) is 0 Å². The van der Waals surface area contributed by atoms with Crippen LogP contribution in [-0.4, -0.2) is 43.9 Å². The van der Waals surface area contributed by atoms with Crippen LogP contribution in [0.15, 0.2) is 0 Å². The Balaban J connectivity index is 1.75. The van der Waals surface area contributed by atoms with E-state index in [2.05, 4.69) is 6.92 Å². The monoisotopic (exact) mass is 470 g/mol. The van der Waals surface area contributed by atoms with E-state index in [-0.39, 0.29) is 12.4 Å². The van der Waals surface area contributed by atoms with E-state index in [4.69, 9.17) is 19.3 Å². The molecule has 1 rings (SSSR count). The Morgan fingerprint density at radius 1 is 0.636 bits per heavy atom. The second-order valence-electron chi connectivity index (χ2n) is 10.2. The van der Waals surface area contributed by atoms with Gasteiger partial charge in [0.15, 0.2) is 6.29 Å². The van der Waals surface area contributed by atoms with Gasteiger partial charge in [0, 0.05) is 13.2 Å². The summed E-state index contributed by atoms with van der Waals surface area (Å²) in [7, 11) is 0. The number of aliphatic hydroxyl groups is 1. The molecule has 2 atom stereocenters. The topological polar surface area (TPSA) is 47.9 Å². The van der Waals surface area contributed by atoms with Gasteiger partial charge >= 0.3 is 0 Å². The summed E-state index contributed by atoms with van der Waals surface area (Å²) >= 11 is 0. The zero-order valence-electron chi connectivity index (χ0n) is 22.2. The van der Waals surface area contributed by atoms with E-state index < -0.39 is 0 Å². The molecule has 0 bridgehead atoms. The molecule has 0 radical (unpaired) electrons. The minimum Gasteiger partial charge on any atom is -0.396 e. The highest BCUT2D eigenvalue weighted by Gasteiger charge is 2.25. The molecule has 1 aliphatic rings. The Morgan fingerprint density at radius 2 is 1.12 bits per heavy atom. The molecule has 1 N–H and O–H groups in total. The van der Waals surface area contributed by atoms with Crippen molar-refractivity contribution in [2.45, 2.75) is 161 Å². The Kier molecular flexibility index (Phi) is 23.3. The van der Waals surface area contributed by atoms with Gasteiger partial charge in [0.1, 0.15) is 6.10 Å². The average molecular weight is 471 g/mol. The summed E-state index contributed by atoms with van der Waals surface area (Å²) in [5, 5.41) is 8.77. The molecule has 4 nitrogen and oxygen atoms in total. The Labute approximate surface area is 206 Å². The first-order valence-corrected chi connectivity index (χ1v) is 14.8. The van der Waals surface area contributed by atoms with Gasteiger partial charge in [0.25, 0.3) is 0 Å². The largest absolute Gasteiger partial charge is 0.396 e. The smallest absolute Gasteiger partial charge is 0.158 e. The van der Waals surface area contributed by atoms with E-state index in [0.29, 0.717) is 19.8 Å². The highest BCUT2D eigenvalue weighted by atomic mass is 16.7. The van der Waals surface area contributed by atoms with Crippen molar-refractivity contribution in [3.63, 3.8) is 0 Å². The quantitative estimate of drug-likeness (QED) is 0.129. The van der Waals surface area contributed by atoms with Crippen molar-refractivity contribution in [1.82, 2.24) is 0 Å². The second-order valence-corrected chi connectivity index (χ2v) is 10.2. The molecule has 1 saturated heterocycles. The van der Waals surface area contributed by atoms with Crippen molar-refractivity contribution in [2.75, 3.05) is 26.4 Å².